The average molecular weight is 414 g/mol. The number of aliphatic hydroxyl groups excluding tert-OH is 1. The Labute approximate surface area is 206 Å². The summed E-state index contributed by atoms with van der Waals surface area (Å²) < 4.78 is 0. The van der Waals surface area contributed by atoms with E-state index in [1.54, 1.807) is 32.9 Å². The second-order valence-corrected chi connectivity index (χ2v) is 4.79. The molecule has 10 nitrogen and oxygen atoms in total. The van der Waals surface area contributed by atoms with Gasteiger partial charge < -0.3 is 20.8 Å². The minimum Gasteiger partial charge on any atom is -0.870 e. The summed E-state index contributed by atoms with van der Waals surface area (Å²) >= 11 is 0. The van der Waals surface area contributed by atoms with E-state index in [2.05, 4.69) is 0 Å². The zero-order valence-corrected chi connectivity index (χ0v) is 20.4. The molecule has 0 bridgehead atoms. The van der Waals surface area contributed by atoms with Gasteiger partial charge in [0.05, 0.1) is 9.85 Å². The number of phenolic OH excluding ortho intramolecular Hbond substituents is 1. The van der Waals surface area contributed by atoms with Crippen LogP contribution in [0.5, 0.6) is 11.5 Å². The number of hydrogen-bond acceptors (Lipinski definition) is 8. The molecule has 2 aromatic carbocycles. The molecule has 0 aromatic heterocycles. The Kier molecular flexibility index (Phi) is 21.8. The van der Waals surface area contributed by atoms with Crippen molar-refractivity contribution in [2.24, 2.45) is 0 Å². The Balaban J connectivity index is -0.000000165. The Morgan fingerprint density at radius 1 is 0.893 bits per heavy atom. The number of nitro benzene ring substituents is 2. The summed E-state index contributed by atoms with van der Waals surface area (Å²) in [7, 11) is 0. The first kappa shape index (κ1) is 34.3. The van der Waals surface area contributed by atoms with Crippen LogP contribution in [-0.2, 0) is 0 Å². The first-order valence-corrected chi connectivity index (χ1v) is 7.10. The van der Waals surface area contributed by atoms with Crippen LogP contribution in [-0.4, -0.2) is 32.1 Å². The van der Waals surface area contributed by atoms with E-state index in [9.17, 15) is 25.3 Å². The van der Waals surface area contributed by atoms with Gasteiger partial charge in [-0.25, -0.2) is 0 Å². The number of benzene rings is 2. The van der Waals surface area contributed by atoms with Gasteiger partial charge in [-0.05, 0) is 38.2 Å². The van der Waals surface area contributed by atoms with Crippen molar-refractivity contribution in [3.63, 3.8) is 0 Å². The molecule has 0 fully saturated rings. The van der Waals surface area contributed by atoms with Gasteiger partial charge in [-0.15, -0.1) is 0 Å². The van der Waals surface area contributed by atoms with Crippen molar-refractivity contribution in [3.8, 4) is 11.5 Å². The molecule has 2 rings (SSSR count). The van der Waals surface area contributed by atoms with Crippen LogP contribution < -0.4 is 64.2 Å². The van der Waals surface area contributed by atoms with Gasteiger partial charge in [-0.2, -0.15) is 0 Å². The summed E-state index contributed by atoms with van der Waals surface area (Å²) in [6.07, 6.45) is 0. The fourth-order valence-electron chi connectivity index (χ4n) is 1.56. The van der Waals surface area contributed by atoms with Crippen molar-refractivity contribution >= 4 is 11.4 Å². The van der Waals surface area contributed by atoms with Crippen molar-refractivity contribution in [3.05, 3.63) is 67.8 Å². The third-order valence-corrected chi connectivity index (χ3v) is 2.64. The molecule has 0 aliphatic heterocycles. The van der Waals surface area contributed by atoms with Crippen molar-refractivity contribution in [1.29, 1.82) is 0 Å². The van der Waals surface area contributed by atoms with E-state index in [4.69, 9.17) is 10.2 Å². The summed E-state index contributed by atoms with van der Waals surface area (Å²) in [6.45, 7) is 5.40. The molecule has 28 heavy (non-hydrogen) atoms. The SMILES string of the molecule is CCO.Cc1ccc([N+](=O)[O-])c(O)c1.Cc1ccc([N+](=O)[O-])c([O-])c1.[Na+].[Na+].[OH-]. The Morgan fingerprint density at radius 3 is 1.57 bits per heavy atom. The Hall–Kier alpha value is -1.24. The summed E-state index contributed by atoms with van der Waals surface area (Å²) in [6, 6.07) is 8.23. The van der Waals surface area contributed by atoms with E-state index in [1.807, 2.05) is 0 Å². The fourth-order valence-corrected chi connectivity index (χ4v) is 1.56. The second-order valence-electron chi connectivity index (χ2n) is 4.79. The molecule has 0 spiro atoms. The zero-order valence-electron chi connectivity index (χ0n) is 16.4. The topological polar surface area (TPSA) is 180 Å². The smallest absolute Gasteiger partial charge is 0.870 e. The Bertz CT molecular complexity index is 683. The monoisotopic (exact) mass is 414 g/mol. The standard InChI is InChI=1S/2C7H7NO3.C2H6O.2Na.H2O/c2*1-5-2-3-6(8(10)11)7(9)4-5;1-2-3;;;/h2*2-4,9H,1H3;3H,2H2,1H3;;;1H2/q;;;2*+1;/p-2. The normalized spacial score (nSPS) is 8.14. The van der Waals surface area contributed by atoms with E-state index in [1.165, 1.54) is 24.3 Å². The quantitative estimate of drug-likeness (QED) is 0.287. The predicted molar refractivity (Wildman–Crippen MR) is 91.5 cm³/mol. The van der Waals surface area contributed by atoms with Crippen LogP contribution in [0.25, 0.3) is 0 Å². The number of phenols is 1. The minimum atomic E-state index is -0.679. The summed E-state index contributed by atoms with van der Waals surface area (Å²) in [4.78, 5) is 19.0. The summed E-state index contributed by atoms with van der Waals surface area (Å²) in [5.41, 5.74) is 0.917. The molecule has 0 amide bonds. The van der Waals surface area contributed by atoms with Crippen LogP contribution >= 0.6 is 0 Å². The molecule has 12 heteroatoms. The van der Waals surface area contributed by atoms with Gasteiger partial charge in [0, 0.05) is 18.7 Å². The number of rotatable bonds is 2. The number of nitrogens with zero attached hydrogens (tertiary/aromatic N) is 2. The first-order chi connectivity index (χ1) is 11.6. The molecule has 0 aliphatic rings. The number of aryl methyl sites for hydroxylation is 2. The molecule has 0 unspecified atom stereocenters. The number of aromatic hydroxyl groups is 1. The maximum atomic E-state index is 10.8. The molecule has 144 valence electrons. The van der Waals surface area contributed by atoms with Gasteiger partial charge >= 0.3 is 64.8 Å². The molecule has 0 radical (unpaired) electrons. The molecule has 0 heterocycles. The van der Waals surface area contributed by atoms with Gasteiger partial charge in [-0.3, -0.25) is 20.2 Å². The van der Waals surface area contributed by atoms with Gasteiger partial charge in [0.15, 0.2) is 5.75 Å². The van der Waals surface area contributed by atoms with Crippen LogP contribution in [0.15, 0.2) is 36.4 Å². The number of hydrogen-bond donors (Lipinski definition) is 2. The fraction of sp³-hybridized carbons (Fsp3) is 0.250. The predicted octanol–water partition coefficient (Wildman–Crippen LogP) is -3.58. The molecule has 3 N–H and O–H groups in total. The van der Waals surface area contributed by atoms with Crippen molar-refractivity contribution in [2.45, 2.75) is 20.8 Å². The maximum absolute atomic E-state index is 10.8. The van der Waals surface area contributed by atoms with Crippen molar-refractivity contribution in [2.75, 3.05) is 6.61 Å². The Morgan fingerprint density at radius 2 is 1.25 bits per heavy atom. The van der Waals surface area contributed by atoms with Gasteiger partial charge in [-0.1, -0.05) is 23.8 Å². The van der Waals surface area contributed by atoms with Gasteiger partial charge in [0.25, 0.3) is 5.69 Å². The van der Waals surface area contributed by atoms with Crippen LogP contribution in [0.1, 0.15) is 18.1 Å². The summed E-state index contributed by atoms with van der Waals surface area (Å²) in [5.74, 6) is -0.815. The first-order valence-electron chi connectivity index (χ1n) is 7.10. The van der Waals surface area contributed by atoms with E-state index < -0.39 is 15.6 Å². The maximum Gasteiger partial charge on any atom is 1.00 e. The van der Waals surface area contributed by atoms with Gasteiger partial charge in [0.1, 0.15) is 0 Å². The molecular formula is C16H20N2Na2O8. The number of aliphatic hydroxyl groups is 1. The third-order valence-electron chi connectivity index (χ3n) is 2.64. The van der Waals surface area contributed by atoms with E-state index >= 15 is 0 Å². The van der Waals surface area contributed by atoms with E-state index in [0.29, 0.717) is 0 Å². The molecule has 0 atom stereocenters. The molecule has 0 aliphatic carbocycles. The molecule has 2 aromatic rings. The zero-order chi connectivity index (χ0) is 19.6. The van der Waals surface area contributed by atoms with Crippen LogP contribution in [0.2, 0.25) is 0 Å². The van der Waals surface area contributed by atoms with Gasteiger partial charge in [0.2, 0.25) is 0 Å². The largest absolute Gasteiger partial charge is 1.00 e. The van der Waals surface area contributed by atoms with E-state index in [0.717, 1.165) is 11.1 Å². The molecule has 0 saturated carbocycles. The van der Waals surface area contributed by atoms with E-state index in [-0.39, 0.29) is 88.3 Å². The van der Waals surface area contributed by atoms with Crippen LogP contribution in [0, 0.1) is 34.1 Å². The van der Waals surface area contributed by atoms with Crippen molar-refractivity contribution < 1.29 is 89.8 Å². The second kappa shape index (κ2) is 17.8. The molecular weight excluding hydrogens is 394 g/mol. The van der Waals surface area contributed by atoms with Crippen molar-refractivity contribution in [1.82, 2.24) is 0 Å². The number of nitro groups is 2. The average Bonchev–Trinajstić information content (AvgIpc) is 2.47. The summed E-state index contributed by atoms with van der Waals surface area (Å²) in [5, 5.41) is 47.7. The molecule has 0 saturated heterocycles. The minimum absolute atomic E-state index is 0. The third kappa shape index (κ3) is 13.0. The van der Waals surface area contributed by atoms with Crippen LogP contribution in [0.3, 0.4) is 0 Å². The van der Waals surface area contributed by atoms with Crippen LogP contribution in [0.4, 0.5) is 11.4 Å².